The Morgan fingerprint density at radius 3 is 2.51 bits per heavy atom. The van der Waals surface area contributed by atoms with Crippen LogP contribution in [-0.2, 0) is 11.3 Å². The summed E-state index contributed by atoms with van der Waals surface area (Å²) in [6.07, 6.45) is -3.26. The average Bonchev–Trinajstić information content (AvgIpc) is 3.60. The van der Waals surface area contributed by atoms with Crippen molar-refractivity contribution in [2.24, 2.45) is 4.99 Å². The molecule has 1 aliphatic rings. The second-order valence-electron chi connectivity index (χ2n) is 10.7. The molecule has 0 radical (unpaired) electrons. The Bertz CT molecular complexity index is 1720. The van der Waals surface area contributed by atoms with E-state index >= 15 is 0 Å². The number of ether oxygens (including phenoxy) is 1. The van der Waals surface area contributed by atoms with Crippen LogP contribution < -0.4 is 15.1 Å². The van der Waals surface area contributed by atoms with Gasteiger partial charge in [0.2, 0.25) is 11.0 Å². The van der Waals surface area contributed by atoms with Crippen molar-refractivity contribution >= 4 is 45.9 Å². The summed E-state index contributed by atoms with van der Waals surface area (Å²) < 4.78 is 42.7. The average molecular weight is 654 g/mol. The summed E-state index contributed by atoms with van der Waals surface area (Å²) in [6.45, 7) is 6.69. The number of hydrazine groups is 1. The van der Waals surface area contributed by atoms with Crippen molar-refractivity contribution < 1.29 is 22.7 Å². The molecule has 1 aliphatic heterocycles. The van der Waals surface area contributed by atoms with E-state index in [4.69, 9.17) is 12.2 Å². The van der Waals surface area contributed by atoms with Gasteiger partial charge in [0, 0.05) is 19.2 Å². The van der Waals surface area contributed by atoms with Gasteiger partial charge in [0.25, 0.3) is 0 Å². The van der Waals surface area contributed by atoms with Gasteiger partial charge >= 0.3 is 6.36 Å². The van der Waals surface area contributed by atoms with E-state index in [0.717, 1.165) is 27.9 Å². The molecule has 1 aromatic heterocycles. The van der Waals surface area contributed by atoms with Gasteiger partial charge in [-0.3, -0.25) is 15.1 Å². The van der Waals surface area contributed by atoms with Gasteiger partial charge in [-0.2, -0.15) is 4.99 Å². The normalized spacial score (nSPS) is 14.6. The second-order valence-corrected chi connectivity index (χ2v) is 12.0. The lowest BCUT2D eigenvalue weighted by atomic mass is 9.99. The number of rotatable bonds is 8. The molecule has 1 amide bonds. The smallest absolute Gasteiger partial charge is 0.406 e. The Kier molecular flexibility index (Phi) is 9.56. The van der Waals surface area contributed by atoms with Gasteiger partial charge in [-0.05, 0) is 72.1 Å². The fourth-order valence-corrected chi connectivity index (χ4v) is 5.85. The Morgan fingerprint density at radius 1 is 1.13 bits per heavy atom. The number of carbonyl (C=O) groups excluding carboxylic acids is 1. The molecule has 0 spiro atoms. The number of thiocarbonyl (C=S) groups is 1. The van der Waals surface area contributed by atoms with Crippen molar-refractivity contribution in [3.63, 3.8) is 0 Å². The van der Waals surface area contributed by atoms with E-state index in [-0.39, 0.29) is 22.7 Å². The number of alkyl halides is 3. The molecule has 0 aliphatic carbocycles. The van der Waals surface area contributed by atoms with Crippen molar-refractivity contribution in [3.8, 4) is 22.8 Å². The van der Waals surface area contributed by atoms with E-state index in [2.05, 4.69) is 45.2 Å². The minimum absolute atomic E-state index is 0.0322. The fraction of sp³-hybridized carbons (Fsp3) is 0.258. The zero-order valence-corrected chi connectivity index (χ0v) is 26.5. The molecule has 14 heteroatoms. The zero-order valence-electron chi connectivity index (χ0n) is 24.9. The van der Waals surface area contributed by atoms with Crippen LogP contribution in [-0.4, -0.2) is 55.1 Å². The van der Waals surface area contributed by atoms with Crippen LogP contribution in [0.2, 0.25) is 0 Å². The molecular weight excluding hydrogens is 624 g/mol. The van der Waals surface area contributed by atoms with E-state index in [1.807, 2.05) is 50.4 Å². The van der Waals surface area contributed by atoms with Crippen LogP contribution in [0, 0.1) is 6.92 Å². The van der Waals surface area contributed by atoms with Crippen molar-refractivity contribution in [1.29, 1.82) is 0 Å². The summed E-state index contributed by atoms with van der Waals surface area (Å²) >= 11 is 6.89. The van der Waals surface area contributed by atoms with Crippen LogP contribution in [0.5, 0.6) is 5.75 Å². The predicted octanol–water partition coefficient (Wildman–Crippen LogP) is 6.62. The first-order valence-electron chi connectivity index (χ1n) is 13.9. The number of thioether (sulfide) groups is 1. The maximum Gasteiger partial charge on any atom is 0.573 e. The SMILES string of the molecule is Cc1ccc(C(C)C)c(N2C(=O)CSC2=NC(=S)NN(C)Cc2ccc(-c3ncn(-c4ccc(OC(F)(F)F)cc4)n3)cc2)c1. The first-order chi connectivity index (χ1) is 21.4. The van der Waals surface area contributed by atoms with Crippen molar-refractivity contribution in [2.45, 2.75) is 39.6 Å². The van der Waals surface area contributed by atoms with Gasteiger partial charge < -0.3 is 4.74 Å². The lowest BCUT2D eigenvalue weighted by molar-refractivity contribution is -0.274. The zero-order chi connectivity index (χ0) is 32.3. The highest BCUT2D eigenvalue weighted by atomic mass is 32.2. The molecule has 4 aromatic rings. The number of hydrogen-bond donors (Lipinski definition) is 1. The summed E-state index contributed by atoms with van der Waals surface area (Å²) in [6, 6.07) is 19.1. The van der Waals surface area contributed by atoms with Gasteiger partial charge in [0.15, 0.2) is 11.0 Å². The van der Waals surface area contributed by atoms with Crippen LogP contribution in [0.25, 0.3) is 17.1 Å². The molecule has 0 atom stereocenters. The Hall–Kier alpha value is -4.27. The quantitative estimate of drug-likeness (QED) is 0.168. The Balaban J connectivity index is 1.20. The molecule has 9 nitrogen and oxygen atoms in total. The van der Waals surface area contributed by atoms with E-state index in [9.17, 15) is 18.0 Å². The second kappa shape index (κ2) is 13.4. The first kappa shape index (κ1) is 32.1. The van der Waals surface area contributed by atoms with Crippen LogP contribution in [0.15, 0.2) is 78.0 Å². The molecule has 234 valence electrons. The number of amidine groups is 1. The summed E-state index contributed by atoms with van der Waals surface area (Å²) in [5, 5.41) is 7.03. The number of amides is 1. The van der Waals surface area contributed by atoms with Gasteiger partial charge in [0.1, 0.15) is 12.1 Å². The maximum absolute atomic E-state index is 12.9. The number of anilines is 1. The minimum Gasteiger partial charge on any atom is -0.406 e. The molecule has 1 saturated heterocycles. The van der Waals surface area contributed by atoms with E-state index in [1.54, 1.807) is 9.91 Å². The molecule has 1 fully saturated rings. The van der Waals surface area contributed by atoms with Crippen LogP contribution in [0.3, 0.4) is 0 Å². The molecule has 0 bridgehead atoms. The third kappa shape index (κ3) is 8.07. The number of carbonyl (C=O) groups is 1. The summed E-state index contributed by atoms with van der Waals surface area (Å²) in [5.41, 5.74) is 8.35. The molecule has 0 unspecified atom stereocenters. The third-order valence-electron chi connectivity index (χ3n) is 6.76. The van der Waals surface area contributed by atoms with Crippen molar-refractivity contribution in [1.82, 2.24) is 25.2 Å². The fourth-order valence-electron chi connectivity index (χ4n) is 4.69. The van der Waals surface area contributed by atoms with E-state index in [0.29, 0.717) is 29.0 Å². The van der Waals surface area contributed by atoms with Crippen molar-refractivity contribution in [3.05, 3.63) is 89.7 Å². The lowest BCUT2D eigenvalue weighted by Crippen LogP contribution is -2.38. The highest BCUT2D eigenvalue weighted by molar-refractivity contribution is 8.15. The number of aromatic nitrogens is 3. The molecule has 2 heterocycles. The van der Waals surface area contributed by atoms with E-state index in [1.165, 1.54) is 47.0 Å². The largest absolute Gasteiger partial charge is 0.573 e. The molecule has 1 N–H and O–H groups in total. The molecule has 3 aromatic carbocycles. The number of aliphatic imine (C=N–C) groups is 1. The number of nitrogens with one attached hydrogen (secondary N) is 1. The maximum atomic E-state index is 12.9. The summed E-state index contributed by atoms with van der Waals surface area (Å²) in [5.74, 6) is 0.646. The monoisotopic (exact) mass is 653 g/mol. The highest BCUT2D eigenvalue weighted by Gasteiger charge is 2.32. The minimum atomic E-state index is -4.75. The van der Waals surface area contributed by atoms with Crippen molar-refractivity contribution in [2.75, 3.05) is 17.7 Å². The standard InChI is InChI=1S/C31H30F3N7O2S2/c1-19(2)25-14-5-20(3)15-26(25)41-27(42)17-45-30(41)36-29(44)38-39(4)16-21-6-8-22(9-7-21)28-35-18-40(37-28)23-10-12-24(13-11-23)43-31(32,33)34/h5-15,18-19H,16-17H2,1-4H3,(H,38,44). The number of nitrogens with zero attached hydrogens (tertiary/aromatic N) is 6. The topological polar surface area (TPSA) is 87.9 Å². The molecule has 0 saturated carbocycles. The number of benzene rings is 3. The van der Waals surface area contributed by atoms with Crippen LogP contribution in [0.1, 0.15) is 36.5 Å². The Labute approximate surface area is 268 Å². The van der Waals surface area contributed by atoms with Gasteiger partial charge in [-0.1, -0.05) is 62.0 Å². The number of halogens is 3. The molecular formula is C31H30F3N7O2S2. The Morgan fingerprint density at radius 2 is 1.84 bits per heavy atom. The summed E-state index contributed by atoms with van der Waals surface area (Å²) in [4.78, 5) is 23.5. The van der Waals surface area contributed by atoms with Gasteiger partial charge in [0.05, 0.1) is 17.1 Å². The highest BCUT2D eigenvalue weighted by Crippen LogP contribution is 2.34. The van der Waals surface area contributed by atoms with E-state index < -0.39 is 6.36 Å². The molecule has 5 rings (SSSR count). The molecule has 45 heavy (non-hydrogen) atoms. The number of aryl methyl sites for hydroxylation is 1. The first-order valence-corrected chi connectivity index (χ1v) is 15.3. The summed E-state index contributed by atoms with van der Waals surface area (Å²) in [7, 11) is 1.84. The number of hydrogen-bond acceptors (Lipinski definition) is 7. The van der Waals surface area contributed by atoms with Gasteiger partial charge in [-0.25, -0.2) is 14.7 Å². The lowest BCUT2D eigenvalue weighted by Gasteiger charge is -2.23. The predicted molar refractivity (Wildman–Crippen MR) is 173 cm³/mol. The van der Waals surface area contributed by atoms with Crippen LogP contribution in [0.4, 0.5) is 18.9 Å². The third-order valence-corrected chi connectivity index (χ3v) is 7.86. The van der Waals surface area contributed by atoms with Gasteiger partial charge in [-0.15, -0.1) is 18.3 Å². The van der Waals surface area contributed by atoms with Crippen LogP contribution >= 0.6 is 24.0 Å².